The molecule has 0 aromatic rings. The van der Waals surface area contributed by atoms with Crippen molar-refractivity contribution >= 4 is 17.7 Å². The maximum absolute atomic E-state index is 13.3. The molecule has 0 unspecified atom stereocenters. The summed E-state index contributed by atoms with van der Waals surface area (Å²) in [7, 11) is 0. The largest absolute Gasteiger partial charge is 0.461 e. The molecule has 202 valence electrons. The molecule has 0 radical (unpaired) electrons. The molecule has 37 heavy (non-hydrogen) atoms. The number of hydrogen-bond acceptors (Lipinski definition) is 7. The molecule has 1 saturated heterocycles. The molecule has 4 aliphatic carbocycles. The zero-order valence-corrected chi connectivity index (χ0v) is 22.6. The highest BCUT2D eigenvalue weighted by atomic mass is 16.6. The van der Waals surface area contributed by atoms with Crippen molar-refractivity contribution in [2.24, 2.45) is 40.4 Å². The Balaban J connectivity index is 1.22. The summed E-state index contributed by atoms with van der Waals surface area (Å²) in [5.74, 6) is 1.07. The molecule has 1 N–H and O–H groups in total. The fourth-order valence-electron chi connectivity index (χ4n) is 9.85. The zero-order valence-electron chi connectivity index (χ0n) is 22.6. The van der Waals surface area contributed by atoms with Crippen molar-refractivity contribution in [2.75, 3.05) is 6.61 Å². The van der Waals surface area contributed by atoms with Crippen LogP contribution >= 0.6 is 0 Å². The summed E-state index contributed by atoms with van der Waals surface area (Å²) < 4.78 is 17.3. The molecule has 6 rings (SSSR count). The van der Waals surface area contributed by atoms with Gasteiger partial charge in [0.15, 0.2) is 5.78 Å². The van der Waals surface area contributed by atoms with Crippen LogP contribution in [0.5, 0.6) is 0 Å². The molecular formula is C30H40O7. The smallest absolute Gasteiger partial charge is 0.337 e. The number of carbonyl (C=O) groups is 3. The van der Waals surface area contributed by atoms with E-state index in [1.54, 1.807) is 12.2 Å². The van der Waals surface area contributed by atoms with Crippen molar-refractivity contribution in [3.8, 4) is 0 Å². The molecule has 0 amide bonds. The van der Waals surface area contributed by atoms with Crippen LogP contribution in [0, 0.1) is 40.4 Å². The third kappa shape index (κ3) is 3.28. The maximum Gasteiger partial charge on any atom is 0.337 e. The van der Waals surface area contributed by atoms with E-state index in [4.69, 9.17) is 14.2 Å². The number of hydrogen-bond donors (Lipinski definition) is 1. The Morgan fingerprint density at radius 3 is 2.68 bits per heavy atom. The van der Waals surface area contributed by atoms with Crippen molar-refractivity contribution in [2.45, 2.75) is 97.1 Å². The standard InChI is InChI=1S/C30H40O7/c1-15-12-23(36-27(34)19(15)14-35-17(3)31)16(2)20-6-7-21-18-13-26-30(37-26)25(33)9-8-24(32)29(30,5)22(18)10-11-28(20,21)4/h8-9,16,18,20-23,25-26,33H,6-7,10-14H2,1-5H3/t16-,18-,20+,21-,22-,23+,25-,26+,28+,29-,30+/m1/s1. The zero-order chi connectivity index (χ0) is 26.5. The summed E-state index contributed by atoms with van der Waals surface area (Å²) in [5, 5.41) is 10.9. The van der Waals surface area contributed by atoms with E-state index in [1.807, 2.05) is 6.92 Å². The Morgan fingerprint density at radius 2 is 1.97 bits per heavy atom. The first kappa shape index (κ1) is 25.3. The van der Waals surface area contributed by atoms with Gasteiger partial charge in [-0.1, -0.05) is 19.4 Å². The number of carbonyl (C=O) groups excluding carboxylic acids is 3. The molecule has 3 saturated carbocycles. The van der Waals surface area contributed by atoms with Gasteiger partial charge in [0.25, 0.3) is 0 Å². The summed E-state index contributed by atoms with van der Waals surface area (Å²) in [6.07, 6.45) is 8.05. The van der Waals surface area contributed by atoms with Gasteiger partial charge in [-0.25, -0.2) is 4.79 Å². The van der Waals surface area contributed by atoms with E-state index < -0.39 is 23.1 Å². The number of rotatable bonds is 4. The second kappa shape index (κ2) is 8.25. The Kier molecular flexibility index (Phi) is 5.64. The van der Waals surface area contributed by atoms with Gasteiger partial charge in [-0.15, -0.1) is 0 Å². The van der Waals surface area contributed by atoms with Gasteiger partial charge >= 0.3 is 11.9 Å². The van der Waals surface area contributed by atoms with Gasteiger partial charge in [0.05, 0.1) is 17.1 Å². The number of esters is 2. The third-order valence-electron chi connectivity index (χ3n) is 11.9. The lowest BCUT2D eigenvalue weighted by atomic mass is 9.44. The molecule has 0 bridgehead atoms. The molecule has 0 aromatic heterocycles. The lowest BCUT2D eigenvalue weighted by molar-refractivity contribution is -0.156. The summed E-state index contributed by atoms with van der Waals surface area (Å²) >= 11 is 0. The second-order valence-corrected chi connectivity index (χ2v) is 13.2. The molecule has 2 aliphatic heterocycles. The highest BCUT2D eigenvalue weighted by Crippen LogP contribution is 2.73. The van der Waals surface area contributed by atoms with Gasteiger partial charge in [0.2, 0.25) is 0 Å². The third-order valence-corrected chi connectivity index (χ3v) is 11.9. The van der Waals surface area contributed by atoms with Gasteiger partial charge in [-0.3, -0.25) is 9.59 Å². The van der Waals surface area contributed by atoms with E-state index in [2.05, 4.69) is 20.8 Å². The van der Waals surface area contributed by atoms with Crippen molar-refractivity contribution in [3.05, 3.63) is 23.3 Å². The minimum atomic E-state index is -0.733. The van der Waals surface area contributed by atoms with E-state index in [9.17, 15) is 19.5 Å². The van der Waals surface area contributed by atoms with Crippen LogP contribution in [0.2, 0.25) is 0 Å². The SMILES string of the molecule is CC(=O)OCC1=C(C)C[C@@H]([C@H](C)[C@@H]2CC[C@@H]3[C@H]4C[C@@H]5O[C@@]56[C@H](O)C=CC(=O)[C@@]6(C)[C@@H]4CC[C@]32C)OC1=O. The first-order valence-electron chi connectivity index (χ1n) is 14.1. The van der Waals surface area contributed by atoms with Crippen LogP contribution in [0.15, 0.2) is 23.3 Å². The minimum absolute atomic E-state index is 0.0283. The number of aliphatic hydroxyl groups excluding tert-OH is 1. The van der Waals surface area contributed by atoms with Crippen LogP contribution in [0.1, 0.15) is 73.1 Å². The monoisotopic (exact) mass is 512 g/mol. The summed E-state index contributed by atoms with van der Waals surface area (Å²) in [6.45, 7) is 9.97. The van der Waals surface area contributed by atoms with Crippen LogP contribution in [0.25, 0.3) is 0 Å². The summed E-state index contributed by atoms with van der Waals surface area (Å²) in [6, 6.07) is 0. The van der Waals surface area contributed by atoms with Crippen LogP contribution in [0.3, 0.4) is 0 Å². The topological polar surface area (TPSA) is 102 Å². The number of cyclic esters (lactones) is 1. The Labute approximate surface area is 219 Å². The molecule has 6 aliphatic rings. The highest BCUT2D eigenvalue weighted by molar-refractivity contribution is 5.98. The highest BCUT2D eigenvalue weighted by Gasteiger charge is 2.80. The second-order valence-electron chi connectivity index (χ2n) is 13.2. The van der Waals surface area contributed by atoms with Crippen molar-refractivity contribution < 1.29 is 33.7 Å². The van der Waals surface area contributed by atoms with Gasteiger partial charge in [0.1, 0.15) is 24.4 Å². The van der Waals surface area contributed by atoms with Crippen LogP contribution < -0.4 is 0 Å². The average molecular weight is 513 g/mol. The Hall–Kier alpha value is -1.99. The molecule has 7 nitrogen and oxygen atoms in total. The van der Waals surface area contributed by atoms with Crippen LogP contribution in [-0.2, 0) is 28.6 Å². The summed E-state index contributed by atoms with van der Waals surface area (Å²) in [5.41, 5.74) is 0.121. The number of epoxide rings is 1. The molecule has 1 spiro atoms. The Morgan fingerprint density at radius 1 is 1.22 bits per heavy atom. The number of fused-ring (bicyclic) bond motifs is 4. The normalized spacial score (nSPS) is 48.9. The van der Waals surface area contributed by atoms with E-state index in [-0.39, 0.29) is 47.8 Å². The van der Waals surface area contributed by atoms with E-state index >= 15 is 0 Å². The van der Waals surface area contributed by atoms with Crippen molar-refractivity contribution in [3.63, 3.8) is 0 Å². The maximum atomic E-state index is 13.3. The summed E-state index contributed by atoms with van der Waals surface area (Å²) in [4.78, 5) is 37.4. The van der Waals surface area contributed by atoms with Crippen molar-refractivity contribution in [1.29, 1.82) is 0 Å². The van der Waals surface area contributed by atoms with Gasteiger partial charge in [-0.2, -0.15) is 0 Å². The minimum Gasteiger partial charge on any atom is -0.461 e. The predicted molar refractivity (Wildman–Crippen MR) is 134 cm³/mol. The molecule has 0 aromatic carbocycles. The van der Waals surface area contributed by atoms with Crippen LogP contribution in [0.4, 0.5) is 0 Å². The van der Waals surface area contributed by atoms with Crippen molar-refractivity contribution in [1.82, 2.24) is 0 Å². The lowest BCUT2D eigenvalue weighted by Crippen LogP contribution is -2.63. The molecule has 7 heteroatoms. The van der Waals surface area contributed by atoms with Gasteiger partial charge in [-0.05, 0) is 93.1 Å². The van der Waals surface area contributed by atoms with E-state index in [0.717, 1.165) is 37.7 Å². The quantitative estimate of drug-likeness (QED) is 0.450. The van der Waals surface area contributed by atoms with Crippen LogP contribution in [-0.4, -0.2) is 53.3 Å². The molecule has 2 heterocycles. The molecule has 11 atom stereocenters. The first-order valence-corrected chi connectivity index (χ1v) is 14.1. The van der Waals surface area contributed by atoms with E-state index in [1.165, 1.54) is 6.92 Å². The fraction of sp³-hybridized carbons (Fsp3) is 0.767. The number of allylic oxidation sites excluding steroid dienone is 1. The predicted octanol–water partition coefficient (Wildman–Crippen LogP) is 3.92. The number of aliphatic hydroxyl groups is 1. The van der Waals surface area contributed by atoms with Gasteiger partial charge in [0, 0.05) is 13.3 Å². The Bertz CT molecular complexity index is 1110. The number of ketones is 1. The molecule has 4 fully saturated rings. The fourth-order valence-corrected chi connectivity index (χ4v) is 9.85. The van der Waals surface area contributed by atoms with Gasteiger partial charge < -0.3 is 19.3 Å². The molecular weight excluding hydrogens is 472 g/mol. The lowest BCUT2D eigenvalue weighted by Gasteiger charge is -2.58. The van der Waals surface area contributed by atoms with E-state index in [0.29, 0.717) is 29.7 Å². The average Bonchev–Trinajstić information content (AvgIpc) is 3.47. The first-order chi connectivity index (χ1) is 17.4. The number of ether oxygens (including phenoxy) is 3.